The first kappa shape index (κ1) is 16.0. The van der Waals surface area contributed by atoms with E-state index in [4.69, 9.17) is 10.8 Å². The molecule has 3 amide bonds. The minimum Gasteiger partial charge on any atom is -0.480 e. The monoisotopic (exact) mass is 283 g/mol. The van der Waals surface area contributed by atoms with Crippen LogP contribution >= 0.6 is 0 Å². The fourth-order valence-corrected chi connectivity index (χ4v) is 2.24. The third kappa shape index (κ3) is 3.97. The molecule has 0 saturated carbocycles. The van der Waals surface area contributed by atoms with Gasteiger partial charge in [0.15, 0.2) is 0 Å². The molecule has 0 aromatic rings. The molecule has 0 aliphatic carbocycles. The number of carboxylic acid groups (broad SMARTS) is 1. The van der Waals surface area contributed by atoms with Crippen LogP contribution in [0.25, 0.3) is 0 Å². The highest BCUT2D eigenvalue weighted by Gasteiger charge is 2.33. The van der Waals surface area contributed by atoms with Crippen molar-refractivity contribution in [2.75, 3.05) is 6.54 Å². The summed E-state index contributed by atoms with van der Waals surface area (Å²) in [5.74, 6) is -1.93. The van der Waals surface area contributed by atoms with E-state index >= 15 is 0 Å². The van der Waals surface area contributed by atoms with Crippen molar-refractivity contribution in [3.05, 3.63) is 12.7 Å². The van der Waals surface area contributed by atoms with Crippen LogP contribution in [0.3, 0.4) is 0 Å². The van der Waals surface area contributed by atoms with Gasteiger partial charge < -0.3 is 21.1 Å². The van der Waals surface area contributed by atoms with Gasteiger partial charge in [0.1, 0.15) is 6.04 Å². The average Bonchev–Trinajstić information content (AvgIpc) is 2.38. The van der Waals surface area contributed by atoms with Crippen LogP contribution < -0.4 is 11.1 Å². The molecule has 1 rings (SSSR count). The van der Waals surface area contributed by atoms with Crippen LogP contribution in [-0.2, 0) is 9.59 Å². The number of nitrogens with one attached hydrogen (secondary N) is 1. The van der Waals surface area contributed by atoms with Crippen molar-refractivity contribution in [1.82, 2.24) is 10.2 Å². The molecule has 1 heterocycles. The molecule has 1 aliphatic heterocycles. The number of hydrogen-bond donors (Lipinski definition) is 3. The first-order valence-corrected chi connectivity index (χ1v) is 6.57. The number of rotatable bonds is 5. The number of amides is 3. The lowest BCUT2D eigenvalue weighted by Crippen LogP contribution is -2.55. The number of carboxylic acids is 1. The maximum atomic E-state index is 12.1. The van der Waals surface area contributed by atoms with Gasteiger partial charge in [-0.25, -0.2) is 9.59 Å². The fraction of sp³-hybridized carbons (Fsp3) is 0.615. The van der Waals surface area contributed by atoms with Crippen LogP contribution in [0.5, 0.6) is 0 Å². The molecule has 3 unspecified atom stereocenters. The number of nitrogens with two attached hydrogens (primary N) is 1. The second kappa shape index (κ2) is 6.93. The SMILES string of the molecule is C=CCC(NC(=O)N1CC(C(N)=O)CCC1C)C(=O)O. The fourth-order valence-electron chi connectivity index (χ4n) is 2.24. The summed E-state index contributed by atoms with van der Waals surface area (Å²) in [4.78, 5) is 35.8. The number of hydrogen-bond acceptors (Lipinski definition) is 3. The Balaban J connectivity index is 2.70. The maximum absolute atomic E-state index is 12.1. The number of primary amides is 1. The summed E-state index contributed by atoms with van der Waals surface area (Å²) in [7, 11) is 0. The molecule has 0 aromatic carbocycles. The third-order valence-corrected chi connectivity index (χ3v) is 3.54. The molecule has 0 spiro atoms. The number of piperidine rings is 1. The van der Waals surface area contributed by atoms with Gasteiger partial charge in [-0.15, -0.1) is 6.58 Å². The minimum atomic E-state index is -1.12. The van der Waals surface area contributed by atoms with Crippen molar-refractivity contribution in [2.45, 2.75) is 38.3 Å². The molecule has 1 aliphatic rings. The largest absolute Gasteiger partial charge is 0.480 e. The number of likely N-dealkylation sites (tertiary alicyclic amines) is 1. The van der Waals surface area contributed by atoms with Gasteiger partial charge in [-0.1, -0.05) is 6.08 Å². The predicted octanol–water partition coefficient (Wildman–Crippen LogP) is 0.311. The van der Waals surface area contributed by atoms with E-state index in [9.17, 15) is 14.4 Å². The van der Waals surface area contributed by atoms with Crippen LogP contribution in [0.4, 0.5) is 4.79 Å². The highest BCUT2D eigenvalue weighted by Crippen LogP contribution is 2.21. The van der Waals surface area contributed by atoms with E-state index < -0.39 is 23.9 Å². The minimum absolute atomic E-state index is 0.0521. The van der Waals surface area contributed by atoms with E-state index in [-0.39, 0.29) is 24.9 Å². The van der Waals surface area contributed by atoms with Crippen molar-refractivity contribution in [3.63, 3.8) is 0 Å². The summed E-state index contributed by atoms with van der Waals surface area (Å²) in [6, 6.07) is -1.55. The second-order valence-electron chi connectivity index (χ2n) is 5.04. The van der Waals surface area contributed by atoms with Gasteiger partial charge in [0.05, 0.1) is 5.92 Å². The molecule has 0 radical (unpaired) electrons. The van der Waals surface area contributed by atoms with E-state index in [2.05, 4.69) is 11.9 Å². The third-order valence-electron chi connectivity index (χ3n) is 3.54. The Kier molecular flexibility index (Phi) is 5.54. The molecular formula is C13H21N3O4. The highest BCUT2D eigenvalue weighted by atomic mass is 16.4. The Morgan fingerprint density at radius 1 is 1.50 bits per heavy atom. The number of carbonyl (C=O) groups is 3. The lowest BCUT2D eigenvalue weighted by Gasteiger charge is -2.37. The van der Waals surface area contributed by atoms with Crippen LogP contribution in [0.2, 0.25) is 0 Å². The summed E-state index contributed by atoms with van der Waals surface area (Å²) < 4.78 is 0. The van der Waals surface area contributed by atoms with E-state index in [1.54, 1.807) is 0 Å². The molecule has 7 nitrogen and oxygen atoms in total. The smallest absolute Gasteiger partial charge is 0.326 e. The maximum Gasteiger partial charge on any atom is 0.326 e. The number of urea groups is 1. The standard InChI is InChI=1S/C13H21N3O4/c1-3-4-10(12(18)19)15-13(20)16-7-9(11(14)17)6-5-8(16)2/h3,8-10H,1,4-7H2,2H3,(H2,14,17)(H,15,20)(H,18,19). The Morgan fingerprint density at radius 3 is 2.65 bits per heavy atom. The lowest BCUT2D eigenvalue weighted by atomic mass is 9.93. The lowest BCUT2D eigenvalue weighted by molar-refractivity contribution is -0.139. The zero-order chi connectivity index (χ0) is 15.3. The summed E-state index contributed by atoms with van der Waals surface area (Å²) in [5.41, 5.74) is 5.27. The molecule has 1 fully saturated rings. The molecule has 0 aromatic heterocycles. The Morgan fingerprint density at radius 2 is 2.15 bits per heavy atom. The average molecular weight is 283 g/mol. The van der Waals surface area contributed by atoms with E-state index in [0.717, 1.165) is 0 Å². The molecule has 1 saturated heterocycles. The number of carbonyl (C=O) groups excluding carboxylic acids is 2. The summed E-state index contributed by atoms with van der Waals surface area (Å²) in [6.07, 6.45) is 2.89. The van der Waals surface area contributed by atoms with Gasteiger partial charge >= 0.3 is 12.0 Å². The van der Waals surface area contributed by atoms with Gasteiger partial charge in [-0.05, 0) is 26.2 Å². The molecular weight excluding hydrogens is 262 g/mol. The van der Waals surface area contributed by atoms with Crippen molar-refractivity contribution in [1.29, 1.82) is 0 Å². The van der Waals surface area contributed by atoms with Crippen LogP contribution in [0.1, 0.15) is 26.2 Å². The van der Waals surface area contributed by atoms with Crippen LogP contribution in [0, 0.1) is 5.92 Å². The van der Waals surface area contributed by atoms with Crippen molar-refractivity contribution in [3.8, 4) is 0 Å². The number of nitrogens with zero attached hydrogens (tertiary/aromatic N) is 1. The topological polar surface area (TPSA) is 113 Å². The first-order chi connectivity index (χ1) is 9.36. The molecule has 7 heteroatoms. The predicted molar refractivity (Wildman–Crippen MR) is 72.9 cm³/mol. The molecule has 20 heavy (non-hydrogen) atoms. The quantitative estimate of drug-likeness (QED) is 0.630. The molecule has 4 N–H and O–H groups in total. The Hall–Kier alpha value is -2.05. The summed E-state index contributed by atoms with van der Waals surface area (Å²) >= 11 is 0. The van der Waals surface area contributed by atoms with Crippen LogP contribution in [-0.4, -0.2) is 46.5 Å². The van der Waals surface area contributed by atoms with Crippen molar-refractivity contribution in [2.24, 2.45) is 11.7 Å². The van der Waals surface area contributed by atoms with Crippen molar-refractivity contribution < 1.29 is 19.5 Å². The van der Waals surface area contributed by atoms with E-state index in [1.165, 1.54) is 11.0 Å². The Labute approximate surface area is 117 Å². The van der Waals surface area contributed by atoms with Gasteiger partial charge in [0.2, 0.25) is 5.91 Å². The number of aliphatic carboxylic acids is 1. The summed E-state index contributed by atoms with van der Waals surface area (Å²) in [6.45, 7) is 5.55. The van der Waals surface area contributed by atoms with Gasteiger partial charge in [0.25, 0.3) is 0 Å². The van der Waals surface area contributed by atoms with Gasteiger partial charge in [-0.3, -0.25) is 4.79 Å². The first-order valence-electron chi connectivity index (χ1n) is 6.57. The Bertz CT molecular complexity index is 410. The van der Waals surface area contributed by atoms with Gasteiger partial charge in [-0.2, -0.15) is 0 Å². The van der Waals surface area contributed by atoms with Crippen LogP contribution in [0.15, 0.2) is 12.7 Å². The normalized spacial score (nSPS) is 23.8. The zero-order valence-electron chi connectivity index (χ0n) is 11.5. The molecule has 112 valence electrons. The van der Waals surface area contributed by atoms with Gasteiger partial charge in [0, 0.05) is 12.6 Å². The second-order valence-corrected chi connectivity index (χ2v) is 5.04. The molecule has 0 bridgehead atoms. The van der Waals surface area contributed by atoms with Crippen molar-refractivity contribution >= 4 is 17.9 Å². The highest BCUT2D eigenvalue weighted by molar-refractivity contribution is 5.84. The van der Waals surface area contributed by atoms with E-state index in [0.29, 0.717) is 12.8 Å². The molecule has 3 atom stereocenters. The van der Waals surface area contributed by atoms with E-state index in [1.807, 2.05) is 6.92 Å². The zero-order valence-corrected chi connectivity index (χ0v) is 11.5. The summed E-state index contributed by atoms with van der Waals surface area (Å²) in [5, 5.41) is 11.4.